The van der Waals surface area contributed by atoms with E-state index >= 15 is 0 Å². The van der Waals surface area contributed by atoms with Crippen LogP contribution in [0.4, 0.5) is 0 Å². The van der Waals surface area contributed by atoms with Gasteiger partial charge >= 0.3 is 5.97 Å². The number of carbonyl (C=O) groups excluding carboxylic acids is 2. The predicted molar refractivity (Wildman–Crippen MR) is 84.2 cm³/mol. The van der Waals surface area contributed by atoms with E-state index in [1.54, 1.807) is 4.90 Å². The molecule has 1 saturated heterocycles. The predicted octanol–water partition coefficient (Wildman–Crippen LogP) is 0.131. The molecule has 1 aromatic rings. The van der Waals surface area contributed by atoms with Gasteiger partial charge in [0.05, 0.1) is 12.1 Å². The van der Waals surface area contributed by atoms with E-state index in [0.717, 1.165) is 25.7 Å². The van der Waals surface area contributed by atoms with Crippen molar-refractivity contribution >= 4 is 17.8 Å². The van der Waals surface area contributed by atoms with Crippen molar-refractivity contribution in [2.75, 3.05) is 19.6 Å². The number of nitrogens with one attached hydrogen (secondary N) is 1. The Morgan fingerprint density at radius 3 is 2.88 bits per heavy atom. The number of carboxylic acid groups (broad SMARTS) is 1. The van der Waals surface area contributed by atoms with Gasteiger partial charge in [0.25, 0.3) is 0 Å². The van der Waals surface area contributed by atoms with Crippen LogP contribution in [0.25, 0.3) is 0 Å². The smallest absolute Gasteiger partial charge is 0.358 e. The van der Waals surface area contributed by atoms with Crippen LogP contribution in [0.1, 0.15) is 43.1 Å². The molecule has 0 radical (unpaired) electrons. The summed E-state index contributed by atoms with van der Waals surface area (Å²) in [6.45, 7) is 3.63. The van der Waals surface area contributed by atoms with Gasteiger partial charge in [0.2, 0.25) is 11.8 Å². The van der Waals surface area contributed by atoms with Gasteiger partial charge in [-0.1, -0.05) is 18.6 Å². The van der Waals surface area contributed by atoms with Gasteiger partial charge in [0.1, 0.15) is 6.54 Å². The molecule has 0 aromatic carbocycles. The summed E-state index contributed by atoms with van der Waals surface area (Å²) < 4.78 is 1.21. The van der Waals surface area contributed by atoms with E-state index in [4.69, 9.17) is 5.11 Å². The number of rotatable bonds is 7. The van der Waals surface area contributed by atoms with Gasteiger partial charge in [-0.3, -0.25) is 9.59 Å². The summed E-state index contributed by atoms with van der Waals surface area (Å²) in [5, 5.41) is 18.8. The third-order valence-corrected chi connectivity index (χ3v) is 4.03. The molecular formula is C15H23N5O4. The van der Waals surface area contributed by atoms with Crippen LogP contribution in [-0.2, 0) is 16.1 Å². The van der Waals surface area contributed by atoms with E-state index < -0.39 is 5.97 Å². The number of aromatic nitrogens is 3. The average molecular weight is 337 g/mol. The third kappa shape index (κ3) is 4.77. The Morgan fingerprint density at radius 1 is 1.42 bits per heavy atom. The minimum atomic E-state index is -1.18. The Balaban J connectivity index is 1.87. The molecule has 9 heteroatoms. The largest absolute Gasteiger partial charge is 0.476 e. The van der Waals surface area contributed by atoms with Crippen molar-refractivity contribution in [1.29, 1.82) is 0 Å². The number of likely N-dealkylation sites (tertiary alicyclic amines) is 1. The van der Waals surface area contributed by atoms with Gasteiger partial charge in [-0.2, -0.15) is 0 Å². The fourth-order valence-corrected chi connectivity index (χ4v) is 2.66. The first-order chi connectivity index (χ1) is 11.5. The fourth-order valence-electron chi connectivity index (χ4n) is 2.66. The van der Waals surface area contributed by atoms with Crippen molar-refractivity contribution in [3.63, 3.8) is 0 Å². The molecule has 9 nitrogen and oxygen atoms in total. The number of carbonyl (C=O) groups is 3. The maximum Gasteiger partial charge on any atom is 0.358 e. The second-order valence-corrected chi connectivity index (χ2v) is 5.93. The third-order valence-electron chi connectivity index (χ3n) is 4.03. The molecule has 1 unspecified atom stereocenters. The summed E-state index contributed by atoms with van der Waals surface area (Å²) in [5.41, 5.74) is -0.199. The number of hydrogen-bond donors (Lipinski definition) is 2. The highest BCUT2D eigenvalue weighted by molar-refractivity contribution is 5.85. The Hall–Kier alpha value is -2.45. The standard InChI is InChI=1S/C15H23N5O4/c1-2-3-6-16-14(22)11-5-4-7-19(8-11)13(21)10-20-9-12(15(23)24)17-18-20/h9,11H,2-8,10H2,1H3,(H,16,22)(H,23,24). The van der Waals surface area contributed by atoms with Gasteiger partial charge in [0, 0.05) is 19.6 Å². The van der Waals surface area contributed by atoms with Crippen molar-refractivity contribution < 1.29 is 19.5 Å². The van der Waals surface area contributed by atoms with Crippen LogP contribution in [-0.4, -0.2) is 62.4 Å². The van der Waals surface area contributed by atoms with Gasteiger partial charge in [-0.25, -0.2) is 9.48 Å². The first kappa shape index (κ1) is 17.9. The van der Waals surface area contributed by atoms with Gasteiger partial charge in [0.15, 0.2) is 5.69 Å². The van der Waals surface area contributed by atoms with Crippen LogP contribution in [0.5, 0.6) is 0 Å². The molecule has 24 heavy (non-hydrogen) atoms. The molecule has 2 rings (SSSR count). The molecule has 1 aliphatic heterocycles. The van der Waals surface area contributed by atoms with Gasteiger partial charge in [-0.15, -0.1) is 5.10 Å². The Labute approximate surface area is 140 Å². The number of amides is 2. The summed E-state index contributed by atoms with van der Waals surface area (Å²) in [6.07, 6.45) is 4.73. The Kier molecular flexibility index (Phi) is 6.28. The highest BCUT2D eigenvalue weighted by atomic mass is 16.4. The van der Waals surface area contributed by atoms with Gasteiger partial charge in [-0.05, 0) is 19.3 Å². The van der Waals surface area contributed by atoms with E-state index in [1.807, 2.05) is 0 Å². The van der Waals surface area contributed by atoms with Crippen LogP contribution in [0.3, 0.4) is 0 Å². The monoisotopic (exact) mass is 337 g/mol. The second kappa shape index (κ2) is 8.42. The first-order valence-electron chi connectivity index (χ1n) is 8.20. The van der Waals surface area contributed by atoms with E-state index in [2.05, 4.69) is 22.6 Å². The molecule has 1 atom stereocenters. The highest BCUT2D eigenvalue weighted by Gasteiger charge is 2.28. The van der Waals surface area contributed by atoms with Crippen LogP contribution in [0.2, 0.25) is 0 Å². The molecule has 0 aliphatic carbocycles. The number of piperidine rings is 1. The summed E-state index contributed by atoms with van der Waals surface area (Å²) >= 11 is 0. The Bertz CT molecular complexity index is 600. The van der Waals surface area contributed by atoms with E-state index in [0.29, 0.717) is 19.6 Å². The summed E-state index contributed by atoms with van der Waals surface area (Å²) in [5.74, 6) is -1.57. The number of nitrogens with zero attached hydrogens (tertiary/aromatic N) is 4. The van der Waals surface area contributed by atoms with Gasteiger partial charge < -0.3 is 15.3 Å². The number of unbranched alkanes of at least 4 members (excludes halogenated alkanes) is 1. The zero-order valence-corrected chi connectivity index (χ0v) is 13.8. The first-order valence-corrected chi connectivity index (χ1v) is 8.20. The summed E-state index contributed by atoms with van der Waals surface area (Å²) in [7, 11) is 0. The maximum absolute atomic E-state index is 12.3. The molecule has 0 bridgehead atoms. The topological polar surface area (TPSA) is 117 Å². The van der Waals surface area contributed by atoms with E-state index in [-0.39, 0.29) is 30.0 Å². The van der Waals surface area contributed by atoms with E-state index in [1.165, 1.54) is 10.9 Å². The average Bonchev–Trinajstić information content (AvgIpc) is 3.04. The summed E-state index contributed by atoms with van der Waals surface area (Å²) in [4.78, 5) is 36.9. The number of hydrogen-bond acceptors (Lipinski definition) is 5. The molecule has 2 amide bonds. The maximum atomic E-state index is 12.3. The molecule has 2 heterocycles. The zero-order valence-electron chi connectivity index (χ0n) is 13.8. The quantitative estimate of drug-likeness (QED) is 0.683. The second-order valence-electron chi connectivity index (χ2n) is 5.93. The van der Waals surface area contributed by atoms with E-state index in [9.17, 15) is 14.4 Å². The molecule has 2 N–H and O–H groups in total. The summed E-state index contributed by atoms with van der Waals surface area (Å²) in [6, 6.07) is 0. The van der Waals surface area contributed by atoms with Crippen molar-refractivity contribution in [2.45, 2.75) is 39.2 Å². The normalized spacial score (nSPS) is 17.5. The van der Waals surface area contributed by atoms with Crippen molar-refractivity contribution in [3.05, 3.63) is 11.9 Å². The van der Waals surface area contributed by atoms with Crippen molar-refractivity contribution in [3.8, 4) is 0 Å². The number of carboxylic acids is 1. The van der Waals surface area contributed by atoms with Crippen LogP contribution < -0.4 is 5.32 Å². The fraction of sp³-hybridized carbons (Fsp3) is 0.667. The van der Waals surface area contributed by atoms with Crippen molar-refractivity contribution in [2.24, 2.45) is 5.92 Å². The molecular weight excluding hydrogens is 314 g/mol. The minimum Gasteiger partial charge on any atom is -0.476 e. The van der Waals surface area contributed by atoms with Crippen LogP contribution in [0.15, 0.2) is 6.20 Å². The molecule has 0 spiro atoms. The molecule has 1 aromatic heterocycles. The molecule has 1 fully saturated rings. The molecule has 132 valence electrons. The lowest BCUT2D eigenvalue weighted by Crippen LogP contribution is -2.46. The van der Waals surface area contributed by atoms with Crippen LogP contribution in [0, 0.1) is 5.92 Å². The SMILES string of the molecule is CCCCNC(=O)C1CCCN(C(=O)Cn2cc(C(=O)O)nn2)C1. The lowest BCUT2D eigenvalue weighted by atomic mass is 9.97. The van der Waals surface area contributed by atoms with Crippen molar-refractivity contribution in [1.82, 2.24) is 25.2 Å². The minimum absolute atomic E-state index is 0.00475. The number of aromatic carboxylic acids is 1. The highest BCUT2D eigenvalue weighted by Crippen LogP contribution is 2.17. The lowest BCUT2D eigenvalue weighted by Gasteiger charge is -2.32. The molecule has 0 saturated carbocycles. The Morgan fingerprint density at radius 2 is 2.21 bits per heavy atom. The molecule has 1 aliphatic rings. The van der Waals surface area contributed by atoms with Crippen LogP contribution >= 0.6 is 0 Å². The zero-order chi connectivity index (χ0) is 17.5. The lowest BCUT2D eigenvalue weighted by molar-refractivity contribution is -0.136.